The number of nitrogens with one attached hydrogen (secondary N) is 2. The first-order chi connectivity index (χ1) is 7.22. The van der Waals surface area contributed by atoms with E-state index in [9.17, 15) is 9.90 Å². The van der Waals surface area contributed by atoms with Crippen LogP contribution < -0.4 is 5.32 Å². The molecule has 0 fully saturated rings. The van der Waals surface area contributed by atoms with Crippen LogP contribution in [0, 0.1) is 0 Å². The fraction of sp³-hybridized carbons (Fsp3) is 0. The van der Waals surface area contributed by atoms with Crippen molar-refractivity contribution in [3.63, 3.8) is 0 Å². The Balaban J connectivity index is 2.56. The summed E-state index contributed by atoms with van der Waals surface area (Å²) in [6.45, 7) is 3.72. The van der Waals surface area contributed by atoms with Gasteiger partial charge in [-0.05, 0) is 18.2 Å². The van der Waals surface area contributed by atoms with E-state index < -0.39 is 0 Å². The molecule has 0 bridgehead atoms. The summed E-state index contributed by atoms with van der Waals surface area (Å²) >= 11 is 0. The van der Waals surface area contributed by atoms with E-state index in [1.54, 1.807) is 24.4 Å². The Morgan fingerprint density at radius 3 is 3.07 bits per heavy atom. The van der Waals surface area contributed by atoms with Crippen molar-refractivity contribution in [2.24, 2.45) is 0 Å². The molecule has 0 spiro atoms. The summed E-state index contributed by atoms with van der Waals surface area (Å²) in [7, 11) is 0. The van der Waals surface area contributed by atoms with Gasteiger partial charge in [-0.2, -0.15) is 0 Å². The van der Waals surface area contributed by atoms with Crippen molar-refractivity contribution in [1.82, 2.24) is 10.3 Å². The lowest BCUT2D eigenvalue weighted by Gasteiger charge is -2.01. The topological polar surface area (TPSA) is 65.1 Å². The van der Waals surface area contributed by atoms with E-state index in [0.717, 1.165) is 16.5 Å². The molecule has 15 heavy (non-hydrogen) atoms. The van der Waals surface area contributed by atoms with E-state index in [1.165, 1.54) is 0 Å². The summed E-state index contributed by atoms with van der Waals surface area (Å²) in [4.78, 5) is 13.3. The highest BCUT2D eigenvalue weighted by Crippen LogP contribution is 2.25. The number of amides is 1. The molecular formula is C11H10N2O2. The molecule has 1 amide bonds. The number of hydrogen-bond donors (Lipinski definition) is 3. The van der Waals surface area contributed by atoms with Crippen LogP contribution >= 0.6 is 0 Å². The van der Waals surface area contributed by atoms with Gasteiger partial charge in [0.25, 0.3) is 0 Å². The fourth-order valence-electron chi connectivity index (χ4n) is 1.51. The van der Waals surface area contributed by atoms with Crippen molar-refractivity contribution >= 4 is 23.0 Å². The molecule has 3 N–H and O–H groups in total. The maximum atomic E-state index is 10.3. The molecule has 0 unspecified atom stereocenters. The number of rotatable bonds is 3. The van der Waals surface area contributed by atoms with Gasteiger partial charge in [0.2, 0.25) is 6.41 Å². The van der Waals surface area contributed by atoms with Crippen molar-refractivity contribution in [2.75, 3.05) is 0 Å². The summed E-state index contributed by atoms with van der Waals surface area (Å²) in [5, 5.41) is 12.7. The zero-order valence-electron chi connectivity index (χ0n) is 7.95. The third-order valence-corrected chi connectivity index (χ3v) is 2.22. The summed E-state index contributed by atoms with van der Waals surface area (Å²) in [5.74, 6) is 0.183. The molecule has 76 valence electrons. The normalized spacial score (nSPS) is 10.1. The van der Waals surface area contributed by atoms with Gasteiger partial charge in [-0.25, -0.2) is 0 Å². The summed E-state index contributed by atoms with van der Waals surface area (Å²) in [5.41, 5.74) is 2.16. The number of carbonyl (C=O) groups is 1. The first-order valence-electron chi connectivity index (χ1n) is 4.42. The first kappa shape index (κ1) is 9.33. The van der Waals surface area contributed by atoms with Gasteiger partial charge in [-0.15, -0.1) is 0 Å². The van der Waals surface area contributed by atoms with Crippen molar-refractivity contribution in [2.45, 2.75) is 0 Å². The molecule has 0 aliphatic rings. The third-order valence-electron chi connectivity index (χ3n) is 2.22. The van der Waals surface area contributed by atoms with E-state index in [1.807, 2.05) is 0 Å². The molecule has 2 aromatic rings. The monoisotopic (exact) mass is 202 g/mol. The molecular weight excluding hydrogens is 192 g/mol. The van der Waals surface area contributed by atoms with Gasteiger partial charge in [0.15, 0.2) is 0 Å². The number of fused-ring (bicyclic) bond motifs is 1. The van der Waals surface area contributed by atoms with E-state index in [-0.39, 0.29) is 5.75 Å². The highest BCUT2D eigenvalue weighted by molar-refractivity contribution is 5.94. The lowest BCUT2D eigenvalue weighted by molar-refractivity contribution is -0.108. The largest absolute Gasteiger partial charge is 0.508 e. The minimum Gasteiger partial charge on any atom is -0.508 e. The quantitative estimate of drug-likeness (QED) is 0.662. The van der Waals surface area contributed by atoms with Gasteiger partial charge in [-0.3, -0.25) is 4.79 Å². The Labute approximate surface area is 86.2 Å². The number of carbonyl (C=O) groups excluding carboxylic acids is 1. The van der Waals surface area contributed by atoms with Gasteiger partial charge in [0.1, 0.15) is 5.75 Å². The fourth-order valence-corrected chi connectivity index (χ4v) is 1.51. The standard InChI is InChI=1S/C11H10N2O2/c1-7(13-6-14)10-5-12-11-3-2-8(15)4-9(10)11/h2-6,12,15H,1H2,(H,13,14). The second-order valence-corrected chi connectivity index (χ2v) is 3.17. The van der Waals surface area contributed by atoms with E-state index in [0.29, 0.717) is 12.1 Å². The average Bonchev–Trinajstić information content (AvgIpc) is 2.60. The van der Waals surface area contributed by atoms with Crippen molar-refractivity contribution in [3.05, 3.63) is 36.5 Å². The van der Waals surface area contributed by atoms with Crippen LogP contribution in [0.2, 0.25) is 0 Å². The molecule has 0 aliphatic heterocycles. The number of aromatic hydroxyl groups is 1. The molecule has 4 heteroatoms. The van der Waals surface area contributed by atoms with Crippen LogP contribution in [0.1, 0.15) is 5.56 Å². The Hall–Kier alpha value is -2.23. The molecule has 2 rings (SSSR count). The average molecular weight is 202 g/mol. The zero-order chi connectivity index (χ0) is 10.8. The van der Waals surface area contributed by atoms with E-state index in [2.05, 4.69) is 16.9 Å². The summed E-state index contributed by atoms with van der Waals surface area (Å²) < 4.78 is 0. The minimum atomic E-state index is 0.183. The van der Waals surface area contributed by atoms with Crippen molar-refractivity contribution < 1.29 is 9.90 Å². The number of H-pyrrole nitrogens is 1. The van der Waals surface area contributed by atoms with Gasteiger partial charge >= 0.3 is 0 Å². The molecule has 0 saturated carbocycles. The predicted molar refractivity (Wildman–Crippen MR) is 58.2 cm³/mol. The molecule has 0 aliphatic carbocycles. The van der Waals surface area contributed by atoms with E-state index in [4.69, 9.17) is 0 Å². The number of phenols is 1. The Morgan fingerprint density at radius 1 is 1.53 bits per heavy atom. The van der Waals surface area contributed by atoms with Crippen molar-refractivity contribution in [1.29, 1.82) is 0 Å². The van der Waals surface area contributed by atoms with Crippen LogP contribution in [0.3, 0.4) is 0 Å². The zero-order valence-corrected chi connectivity index (χ0v) is 7.95. The van der Waals surface area contributed by atoms with Gasteiger partial charge in [0, 0.05) is 28.4 Å². The highest BCUT2D eigenvalue weighted by atomic mass is 16.3. The highest BCUT2D eigenvalue weighted by Gasteiger charge is 2.06. The Morgan fingerprint density at radius 2 is 2.33 bits per heavy atom. The predicted octanol–water partition coefficient (Wildman–Crippen LogP) is 1.59. The first-order valence-corrected chi connectivity index (χ1v) is 4.42. The number of benzene rings is 1. The van der Waals surface area contributed by atoms with Crippen LogP contribution in [0.15, 0.2) is 31.0 Å². The smallest absolute Gasteiger partial charge is 0.211 e. The number of hydrogen-bond acceptors (Lipinski definition) is 2. The second-order valence-electron chi connectivity index (χ2n) is 3.17. The SMILES string of the molecule is C=C(NC=O)c1c[nH]c2ccc(O)cc12. The number of aromatic amines is 1. The Bertz CT molecular complexity index is 528. The minimum absolute atomic E-state index is 0.183. The van der Waals surface area contributed by atoms with Crippen molar-refractivity contribution in [3.8, 4) is 5.75 Å². The molecule has 1 aromatic carbocycles. The maximum Gasteiger partial charge on any atom is 0.211 e. The summed E-state index contributed by atoms with van der Waals surface area (Å²) in [6.07, 6.45) is 2.31. The lowest BCUT2D eigenvalue weighted by Crippen LogP contribution is -2.06. The molecule has 1 aromatic heterocycles. The van der Waals surface area contributed by atoms with Crippen LogP contribution in [0.25, 0.3) is 16.6 Å². The van der Waals surface area contributed by atoms with Gasteiger partial charge < -0.3 is 15.4 Å². The van der Waals surface area contributed by atoms with Crippen LogP contribution in [-0.4, -0.2) is 16.5 Å². The van der Waals surface area contributed by atoms with Crippen LogP contribution in [0.4, 0.5) is 0 Å². The summed E-state index contributed by atoms with van der Waals surface area (Å²) in [6, 6.07) is 4.99. The Kier molecular flexibility index (Phi) is 2.17. The van der Waals surface area contributed by atoms with Crippen LogP contribution in [-0.2, 0) is 4.79 Å². The molecule has 4 nitrogen and oxygen atoms in total. The molecule has 0 saturated heterocycles. The van der Waals surface area contributed by atoms with Gasteiger partial charge in [-0.1, -0.05) is 6.58 Å². The third kappa shape index (κ3) is 1.57. The van der Waals surface area contributed by atoms with Crippen LogP contribution in [0.5, 0.6) is 5.75 Å². The molecule has 0 radical (unpaired) electrons. The maximum absolute atomic E-state index is 10.3. The van der Waals surface area contributed by atoms with E-state index >= 15 is 0 Å². The lowest BCUT2D eigenvalue weighted by atomic mass is 10.1. The number of aromatic nitrogens is 1. The molecule has 0 atom stereocenters. The van der Waals surface area contributed by atoms with Gasteiger partial charge in [0.05, 0.1) is 0 Å². The second kappa shape index (κ2) is 3.49. The molecule has 1 heterocycles. The number of phenolic OH excluding ortho intramolecular Hbond substituents is 1.